The summed E-state index contributed by atoms with van der Waals surface area (Å²) in [6, 6.07) is 14.4. The summed E-state index contributed by atoms with van der Waals surface area (Å²) in [5.74, 6) is 2.03. The maximum atomic E-state index is 13.1. The standard InChI is InChI=1S/C23H26FN3O2/c1-16(2)28-21-8-4-3-6-18(21)14-27-13-5-7-19(15-27)23-25-22(26-29-23)17-9-11-20(24)12-10-17/h3-4,6,8-12,16,19H,5,7,13-15H2,1-2H3. The fraction of sp³-hybridized carbons (Fsp3) is 0.391. The summed E-state index contributed by atoms with van der Waals surface area (Å²) in [4.78, 5) is 7.00. The first-order chi connectivity index (χ1) is 14.1. The van der Waals surface area contributed by atoms with E-state index in [1.807, 2.05) is 26.0 Å². The number of likely N-dealkylation sites (tertiary alicyclic amines) is 1. The van der Waals surface area contributed by atoms with Crippen molar-refractivity contribution in [3.8, 4) is 17.1 Å². The topological polar surface area (TPSA) is 51.4 Å². The van der Waals surface area contributed by atoms with E-state index in [-0.39, 0.29) is 17.8 Å². The van der Waals surface area contributed by atoms with Crippen LogP contribution in [0.15, 0.2) is 53.1 Å². The van der Waals surface area contributed by atoms with Gasteiger partial charge >= 0.3 is 0 Å². The molecular weight excluding hydrogens is 369 g/mol. The molecule has 5 nitrogen and oxygen atoms in total. The van der Waals surface area contributed by atoms with Crippen LogP contribution in [-0.2, 0) is 6.54 Å². The van der Waals surface area contributed by atoms with Gasteiger partial charge in [-0.2, -0.15) is 4.98 Å². The monoisotopic (exact) mass is 395 g/mol. The van der Waals surface area contributed by atoms with Gasteiger partial charge in [0.2, 0.25) is 11.7 Å². The van der Waals surface area contributed by atoms with Crippen molar-refractivity contribution in [1.82, 2.24) is 15.0 Å². The minimum absolute atomic E-state index is 0.147. The Kier molecular flexibility index (Phi) is 5.90. The van der Waals surface area contributed by atoms with E-state index in [1.54, 1.807) is 12.1 Å². The molecule has 3 aromatic rings. The van der Waals surface area contributed by atoms with Crippen molar-refractivity contribution in [3.63, 3.8) is 0 Å². The molecule has 152 valence electrons. The van der Waals surface area contributed by atoms with Crippen LogP contribution in [0.2, 0.25) is 0 Å². The van der Waals surface area contributed by atoms with Crippen LogP contribution >= 0.6 is 0 Å². The maximum Gasteiger partial charge on any atom is 0.231 e. The van der Waals surface area contributed by atoms with Crippen LogP contribution in [0.1, 0.15) is 44.1 Å². The Balaban J connectivity index is 1.45. The number of nitrogens with zero attached hydrogens (tertiary/aromatic N) is 3. The summed E-state index contributed by atoms with van der Waals surface area (Å²) >= 11 is 0. The number of piperidine rings is 1. The van der Waals surface area contributed by atoms with Gasteiger partial charge in [-0.15, -0.1) is 0 Å². The second kappa shape index (κ2) is 8.74. The average molecular weight is 395 g/mol. The molecule has 0 radical (unpaired) electrons. The molecule has 1 aliphatic rings. The molecule has 1 saturated heterocycles. The predicted molar refractivity (Wildman–Crippen MR) is 109 cm³/mol. The second-order valence-electron chi connectivity index (χ2n) is 7.81. The van der Waals surface area contributed by atoms with Gasteiger partial charge in [0.25, 0.3) is 0 Å². The number of benzene rings is 2. The lowest BCUT2D eigenvalue weighted by Gasteiger charge is -2.31. The highest BCUT2D eigenvalue weighted by molar-refractivity contribution is 5.53. The van der Waals surface area contributed by atoms with Crippen molar-refractivity contribution >= 4 is 0 Å². The van der Waals surface area contributed by atoms with Crippen molar-refractivity contribution in [2.24, 2.45) is 0 Å². The zero-order valence-electron chi connectivity index (χ0n) is 16.8. The van der Waals surface area contributed by atoms with Crippen molar-refractivity contribution < 1.29 is 13.7 Å². The first-order valence-electron chi connectivity index (χ1n) is 10.1. The molecule has 2 heterocycles. The first-order valence-corrected chi connectivity index (χ1v) is 10.1. The van der Waals surface area contributed by atoms with E-state index in [4.69, 9.17) is 9.26 Å². The molecule has 0 amide bonds. The average Bonchev–Trinajstić information content (AvgIpc) is 3.20. The highest BCUT2D eigenvalue weighted by Gasteiger charge is 2.26. The largest absolute Gasteiger partial charge is 0.491 e. The van der Waals surface area contributed by atoms with Gasteiger partial charge in [-0.3, -0.25) is 4.90 Å². The molecule has 1 fully saturated rings. The van der Waals surface area contributed by atoms with Crippen LogP contribution in [0.4, 0.5) is 4.39 Å². The van der Waals surface area contributed by atoms with Crippen molar-refractivity contribution in [2.75, 3.05) is 13.1 Å². The molecule has 0 bridgehead atoms. The molecule has 1 aromatic heterocycles. The lowest BCUT2D eigenvalue weighted by Crippen LogP contribution is -2.34. The number of para-hydroxylation sites is 1. The van der Waals surface area contributed by atoms with Gasteiger partial charge in [0, 0.05) is 24.2 Å². The molecule has 29 heavy (non-hydrogen) atoms. The van der Waals surface area contributed by atoms with Crippen molar-refractivity contribution in [2.45, 2.75) is 45.3 Å². The fourth-order valence-corrected chi connectivity index (χ4v) is 3.76. The fourth-order valence-electron chi connectivity index (χ4n) is 3.76. The van der Waals surface area contributed by atoms with Gasteiger partial charge < -0.3 is 9.26 Å². The highest BCUT2D eigenvalue weighted by Crippen LogP contribution is 2.30. The Morgan fingerprint density at radius 1 is 1.17 bits per heavy atom. The van der Waals surface area contributed by atoms with E-state index >= 15 is 0 Å². The summed E-state index contributed by atoms with van der Waals surface area (Å²) in [6.45, 7) is 6.81. The van der Waals surface area contributed by atoms with Gasteiger partial charge in [-0.05, 0) is 63.6 Å². The molecule has 2 aromatic carbocycles. The van der Waals surface area contributed by atoms with Gasteiger partial charge in [-0.25, -0.2) is 4.39 Å². The number of halogens is 1. The number of hydrogen-bond donors (Lipinski definition) is 0. The van der Waals surface area contributed by atoms with E-state index in [0.717, 1.165) is 43.8 Å². The normalized spacial score (nSPS) is 17.6. The highest BCUT2D eigenvalue weighted by atomic mass is 19.1. The van der Waals surface area contributed by atoms with Crippen molar-refractivity contribution in [3.05, 3.63) is 65.8 Å². The molecule has 1 aliphatic heterocycles. The quantitative estimate of drug-likeness (QED) is 0.585. The predicted octanol–water partition coefficient (Wildman–Crippen LogP) is 5.04. The molecular formula is C23H26FN3O2. The van der Waals surface area contributed by atoms with Gasteiger partial charge in [-0.1, -0.05) is 23.4 Å². The molecule has 0 spiro atoms. The number of rotatable bonds is 6. The van der Waals surface area contributed by atoms with Crippen LogP contribution in [-0.4, -0.2) is 34.2 Å². The molecule has 0 aliphatic carbocycles. The van der Waals surface area contributed by atoms with E-state index in [1.165, 1.54) is 17.7 Å². The lowest BCUT2D eigenvalue weighted by molar-refractivity contribution is 0.175. The molecule has 0 N–H and O–H groups in total. The summed E-state index contributed by atoms with van der Waals surface area (Å²) in [6.07, 6.45) is 2.24. The van der Waals surface area contributed by atoms with Crippen LogP contribution in [0.5, 0.6) is 5.75 Å². The lowest BCUT2D eigenvalue weighted by atomic mass is 9.97. The molecule has 4 rings (SSSR count). The first kappa shape index (κ1) is 19.6. The Labute approximate surface area is 170 Å². The second-order valence-corrected chi connectivity index (χ2v) is 7.81. The number of ether oxygens (including phenoxy) is 1. The zero-order valence-corrected chi connectivity index (χ0v) is 16.8. The van der Waals surface area contributed by atoms with Crippen molar-refractivity contribution in [1.29, 1.82) is 0 Å². The van der Waals surface area contributed by atoms with Gasteiger partial charge in [0.1, 0.15) is 11.6 Å². The van der Waals surface area contributed by atoms with Gasteiger partial charge in [0.05, 0.1) is 12.0 Å². The van der Waals surface area contributed by atoms with Crippen LogP contribution in [0.25, 0.3) is 11.4 Å². The van der Waals surface area contributed by atoms with Gasteiger partial charge in [0.15, 0.2) is 0 Å². The molecule has 0 saturated carbocycles. The Morgan fingerprint density at radius 3 is 2.76 bits per heavy atom. The van der Waals surface area contributed by atoms with E-state index in [9.17, 15) is 4.39 Å². The Morgan fingerprint density at radius 2 is 1.97 bits per heavy atom. The van der Waals surface area contributed by atoms with Crippen LogP contribution in [0.3, 0.4) is 0 Å². The third kappa shape index (κ3) is 4.82. The third-order valence-electron chi connectivity index (χ3n) is 5.13. The minimum Gasteiger partial charge on any atom is -0.491 e. The van der Waals surface area contributed by atoms with Crippen LogP contribution in [0, 0.1) is 5.82 Å². The maximum absolute atomic E-state index is 13.1. The Hall–Kier alpha value is -2.73. The SMILES string of the molecule is CC(C)Oc1ccccc1CN1CCCC(c2nc(-c3ccc(F)cc3)no2)C1. The van der Waals surface area contributed by atoms with Crippen LogP contribution < -0.4 is 4.74 Å². The Bertz CT molecular complexity index is 939. The number of hydrogen-bond acceptors (Lipinski definition) is 5. The third-order valence-corrected chi connectivity index (χ3v) is 5.13. The number of aromatic nitrogens is 2. The summed E-state index contributed by atoms with van der Waals surface area (Å²) in [5.41, 5.74) is 1.95. The van der Waals surface area contributed by atoms with E-state index in [2.05, 4.69) is 27.2 Å². The summed E-state index contributed by atoms with van der Waals surface area (Å²) in [7, 11) is 0. The zero-order chi connectivity index (χ0) is 20.2. The smallest absolute Gasteiger partial charge is 0.231 e. The summed E-state index contributed by atoms with van der Waals surface area (Å²) < 4.78 is 24.7. The molecule has 6 heteroatoms. The molecule has 1 atom stereocenters. The molecule has 1 unspecified atom stereocenters. The van der Waals surface area contributed by atoms with E-state index < -0.39 is 0 Å². The summed E-state index contributed by atoms with van der Waals surface area (Å²) in [5, 5.41) is 4.10. The van der Waals surface area contributed by atoms with E-state index in [0.29, 0.717) is 11.7 Å². The minimum atomic E-state index is -0.276.